The van der Waals surface area contributed by atoms with Gasteiger partial charge >= 0.3 is 0 Å². The maximum Gasteiger partial charge on any atom is 0.255 e. The Labute approximate surface area is 362 Å². The van der Waals surface area contributed by atoms with Gasteiger partial charge in [-0.3, -0.25) is 39.4 Å². The van der Waals surface area contributed by atoms with Crippen molar-refractivity contribution in [2.45, 2.75) is 112 Å². The molecule has 0 radical (unpaired) electrons. The topological polar surface area (TPSA) is 157 Å². The number of hydrogen-bond donors (Lipinski definition) is 4. The number of amides is 6. The van der Waals surface area contributed by atoms with Crippen molar-refractivity contribution in [3.05, 3.63) is 98.3 Å². The number of hydrogen-bond acceptors (Lipinski definition) is 7. The molecule has 3 aromatic carbocycles. The molecular formula is C46H45Cl2FN6O6. The summed E-state index contributed by atoms with van der Waals surface area (Å²) in [5, 5.41) is 12.6. The van der Waals surface area contributed by atoms with Crippen molar-refractivity contribution < 1.29 is 33.2 Å². The number of fused-ring (bicyclic) bond motifs is 4. The molecule has 4 fully saturated rings. The molecule has 1 unspecified atom stereocenters. The number of rotatable bonds is 6. The van der Waals surface area contributed by atoms with Crippen molar-refractivity contribution in [2.24, 2.45) is 0 Å². The van der Waals surface area contributed by atoms with E-state index in [9.17, 15) is 28.8 Å². The zero-order chi connectivity index (χ0) is 42.6. The van der Waals surface area contributed by atoms with Gasteiger partial charge in [0.2, 0.25) is 29.5 Å². The number of piperidine rings is 2. The quantitative estimate of drug-likeness (QED) is 0.189. The molecule has 6 amide bonds. The number of anilines is 1. The van der Waals surface area contributed by atoms with Crippen LogP contribution in [0.4, 0.5) is 10.1 Å². The van der Waals surface area contributed by atoms with E-state index in [1.807, 2.05) is 12.1 Å². The van der Waals surface area contributed by atoms with E-state index in [-0.39, 0.29) is 72.0 Å². The molecule has 5 aliphatic heterocycles. The zero-order valence-electron chi connectivity index (χ0n) is 33.4. The van der Waals surface area contributed by atoms with E-state index in [2.05, 4.69) is 33.1 Å². The van der Waals surface area contributed by atoms with Crippen molar-refractivity contribution in [3.63, 3.8) is 0 Å². The van der Waals surface area contributed by atoms with Crippen LogP contribution in [-0.2, 0) is 35.9 Å². The highest BCUT2D eigenvalue weighted by molar-refractivity contribution is 6.31. The standard InChI is InChI=1S/C46H45Cl2FN6O6/c47-27-14-15-32-34(24-27)51-44(61)46(32)38(30-11-7-12-33(48)39(30)49)40(53-45(46)20-4-1-5-21-45)42(59)50-28-18-22-54(23-19-28)37(57)13-3-2-8-26-9-6-10-29-31(26)25-55(43(29)60)35-16-17-36(56)52-41(35)58/h6-7,9-12,14-15,24,28,35,38,40,53H,1,3-5,13,16-23,25H2,(H,50,59)(H,51,61)(H,52,56,58)/t35?,38-,40+,46+/m0/s1. The minimum Gasteiger partial charge on any atom is -0.352 e. The summed E-state index contributed by atoms with van der Waals surface area (Å²) in [5.41, 5.74) is 1.13. The van der Waals surface area contributed by atoms with Crippen LogP contribution in [0.1, 0.15) is 109 Å². The molecule has 0 aromatic heterocycles. The van der Waals surface area contributed by atoms with Gasteiger partial charge in [0.15, 0.2) is 0 Å². The van der Waals surface area contributed by atoms with E-state index >= 15 is 4.39 Å². The van der Waals surface area contributed by atoms with Gasteiger partial charge in [-0.2, -0.15) is 0 Å². The van der Waals surface area contributed by atoms with Crippen LogP contribution in [0.25, 0.3) is 0 Å². The third-order valence-electron chi connectivity index (χ3n) is 13.8. The first-order valence-corrected chi connectivity index (χ1v) is 21.8. The molecule has 3 aromatic rings. The monoisotopic (exact) mass is 866 g/mol. The summed E-state index contributed by atoms with van der Waals surface area (Å²) >= 11 is 12.8. The lowest BCUT2D eigenvalue weighted by atomic mass is 9.55. The minimum absolute atomic E-state index is 0.0577. The second kappa shape index (κ2) is 16.2. The largest absolute Gasteiger partial charge is 0.352 e. The predicted octanol–water partition coefficient (Wildman–Crippen LogP) is 5.48. The maximum atomic E-state index is 16.3. The maximum absolute atomic E-state index is 16.3. The van der Waals surface area contributed by atoms with Crippen molar-refractivity contribution in [1.82, 2.24) is 25.8 Å². The summed E-state index contributed by atoms with van der Waals surface area (Å²) < 4.78 is 16.3. The highest BCUT2D eigenvalue weighted by atomic mass is 35.5. The van der Waals surface area contributed by atoms with Gasteiger partial charge in [-0.15, -0.1) is 0 Å². The second-order valence-corrected chi connectivity index (χ2v) is 17.9. The first-order valence-electron chi connectivity index (χ1n) is 21.1. The van der Waals surface area contributed by atoms with E-state index in [0.717, 1.165) is 24.8 Å². The average Bonchev–Trinajstić information content (AvgIpc) is 3.84. The number of carbonyl (C=O) groups excluding carboxylic acids is 6. The Hall–Kier alpha value is -5.29. The third kappa shape index (κ3) is 6.97. The van der Waals surface area contributed by atoms with Crippen LogP contribution < -0.4 is 21.3 Å². The average molecular weight is 868 g/mol. The number of nitrogens with zero attached hydrogens (tertiary/aromatic N) is 2. The summed E-state index contributed by atoms with van der Waals surface area (Å²) in [4.78, 5) is 83.2. The Balaban J connectivity index is 0.866. The van der Waals surface area contributed by atoms with Crippen LogP contribution in [0.5, 0.6) is 0 Å². The van der Waals surface area contributed by atoms with Gasteiger partial charge in [0, 0.05) is 78.2 Å². The zero-order valence-corrected chi connectivity index (χ0v) is 34.9. The Morgan fingerprint density at radius 1 is 0.934 bits per heavy atom. The van der Waals surface area contributed by atoms with Gasteiger partial charge in [-0.1, -0.05) is 78.6 Å². The van der Waals surface area contributed by atoms with Gasteiger partial charge < -0.3 is 20.4 Å². The molecule has 4 atom stereocenters. The van der Waals surface area contributed by atoms with E-state index in [0.29, 0.717) is 72.6 Å². The summed E-state index contributed by atoms with van der Waals surface area (Å²) in [5.74, 6) is 2.84. The third-order valence-corrected chi connectivity index (χ3v) is 14.3. The van der Waals surface area contributed by atoms with Crippen LogP contribution >= 0.6 is 23.2 Å². The summed E-state index contributed by atoms with van der Waals surface area (Å²) in [6.45, 7) is 1.07. The van der Waals surface area contributed by atoms with E-state index in [1.165, 1.54) is 11.0 Å². The van der Waals surface area contributed by atoms with E-state index in [1.54, 1.807) is 41.3 Å². The molecule has 1 aliphatic carbocycles. The highest BCUT2D eigenvalue weighted by Crippen LogP contribution is 2.62. The number of halogens is 3. The molecule has 316 valence electrons. The Bertz CT molecular complexity index is 2440. The molecule has 4 N–H and O–H groups in total. The number of benzene rings is 3. The fourth-order valence-corrected chi connectivity index (χ4v) is 11.3. The molecule has 6 aliphatic rings. The number of nitrogens with one attached hydrogen (secondary N) is 4. The molecule has 3 saturated heterocycles. The van der Waals surface area contributed by atoms with Crippen LogP contribution in [0, 0.1) is 17.7 Å². The molecule has 9 rings (SSSR count). The summed E-state index contributed by atoms with van der Waals surface area (Å²) in [6.07, 6.45) is 5.84. The normalized spacial score (nSPS) is 25.5. The molecule has 2 spiro atoms. The SMILES string of the molecule is O=C1CCC(N2Cc3c(C#CCCC(=O)N4CCC(NC(=O)[C@@H]5NC6(CCCCC6)[C@@]6(C(=O)Nc7cc(Cl)ccc76)[C@H]5c5cccc(Cl)c5F)CC4)cccc3C2=O)C(=O)N1. The van der Waals surface area contributed by atoms with Gasteiger partial charge in [0.1, 0.15) is 17.3 Å². The fourth-order valence-electron chi connectivity index (χ4n) is 11.0. The van der Waals surface area contributed by atoms with Gasteiger partial charge in [-0.25, -0.2) is 4.39 Å². The number of imide groups is 1. The number of likely N-dealkylation sites (tertiary alicyclic amines) is 1. The fraction of sp³-hybridized carbons (Fsp3) is 0.435. The highest BCUT2D eigenvalue weighted by Gasteiger charge is 2.72. The second-order valence-electron chi connectivity index (χ2n) is 17.0. The lowest BCUT2D eigenvalue weighted by molar-refractivity contribution is -0.137. The molecule has 1 saturated carbocycles. The van der Waals surface area contributed by atoms with Crippen molar-refractivity contribution in [1.29, 1.82) is 0 Å². The van der Waals surface area contributed by atoms with Gasteiger partial charge in [0.05, 0.1) is 11.1 Å². The molecular weight excluding hydrogens is 822 g/mol. The summed E-state index contributed by atoms with van der Waals surface area (Å²) in [6, 6.07) is 13.3. The van der Waals surface area contributed by atoms with Crippen molar-refractivity contribution in [2.75, 3.05) is 18.4 Å². The first-order chi connectivity index (χ1) is 29.4. The van der Waals surface area contributed by atoms with Gasteiger partial charge in [-0.05, 0) is 79.1 Å². The Morgan fingerprint density at radius 2 is 1.70 bits per heavy atom. The molecule has 0 bridgehead atoms. The molecule has 12 nitrogen and oxygen atoms in total. The predicted molar refractivity (Wildman–Crippen MR) is 225 cm³/mol. The minimum atomic E-state index is -1.33. The molecule has 61 heavy (non-hydrogen) atoms. The van der Waals surface area contributed by atoms with Crippen LogP contribution in [0.3, 0.4) is 0 Å². The first kappa shape index (κ1) is 41.1. The lowest BCUT2D eigenvalue weighted by Gasteiger charge is -2.47. The smallest absolute Gasteiger partial charge is 0.255 e. The van der Waals surface area contributed by atoms with Crippen LogP contribution in [0.2, 0.25) is 10.0 Å². The number of carbonyl (C=O) groups is 6. The molecule has 5 heterocycles. The van der Waals surface area contributed by atoms with Crippen molar-refractivity contribution in [3.8, 4) is 11.8 Å². The Kier molecular flexibility index (Phi) is 10.9. The van der Waals surface area contributed by atoms with E-state index < -0.39 is 40.7 Å². The Morgan fingerprint density at radius 3 is 2.48 bits per heavy atom. The van der Waals surface area contributed by atoms with Crippen LogP contribution in [-0.4, -0.2) is 82.0 Å². The van der Waals surface area contributed by atoms with Crippen LogP contribution in [0.15, 0.2) is 54.6 Å². The summed E-state index contributed by atoms with van der Waals surface area (Å²) in [7, 11) is 0. The van der Waals surface area contributed by atoms with E-state index in [4.69, 9.17) is 23.2 Å². The van der Waals surface area contributed by atoms with Gasteiger partial charge in [0.25, 0.3) is 5.91 Å². The molecule has 15 heteroatoms. The van der Waals surface area contributed by atoms with Crippen molar-refractivity contribution >= 4 is 64.3 Å². The lowest BCUT2D eigenvalue weighted by Crippen LogP contribution is -2.60.